The van der Waals surface area contributed by atoms with Gasteiger partial charge in [0.1, 0.15) is 0 Å². The highest BCUT2D eigenvalue weighted by Gasteiger charge is 2.14. The third-order valence-electron chi connectivity index (χ3n) is 3.90. The second-order valence-electron chi connectivity index (χ2n) is 6.94. The van der Waals surface area contributed by atoms with Gasteiger partial charge in [-0.25, -0.2) is 13.6 Å². The maximum absolute atomic E-state index is 12.2. The minimum atomic E-state index is -3.99. The predicted molar refractivity (Wildman–Crippen MR) is 132 cm³/mol. The molecule has 0 aliphatic rings. The van der Waals surface area contributed by atoms with E-state index in [9.17, 15) is 13.2 Å². The number of thiocarbonyl (C=S) groups is 1. The number of sulfonamides is 1. The lowest BCUT2D eigenvalue weighted by atomic mass is 10.1. The van der Waals surface area contributed by atoms with Gasteiger partial charge in [0.05, 0.1) is 4.90 Å². The van der Waals surface area contributed by atoms with Crippen molar-refractivity contribution in [3.8, 4) is 0 Å². The van der Waals surface area contributed by atoms with Crippen molar-refractivity contribution in [2.24, 2.45) is 10.3 Å². The lowest BCUT2D eigenvalue weighted by Crippen LogP contribution is -2.33. The smallest absolute Gasteiger partial charge is 0.238 e. The van der Waals surface area contributed by atoms with Gasteiger partial charge in [0.25, 0.3) is 0 Å². The molecule has 0 saturated heterocycles. The van der Waals surface area contributed by atoms with Crippen molar-refractivity contribution in [3.63, 3.8) is 0 Å². The molecule has 0 atom stereocenters. The van der Waals surface area contributed by atoms with Crippen LogP contribution < -0.4 is 26.2 Å². The molecule has 0 radical (unpaired) electrons. The van der Waals surface area contributed by atoms with Crippen molar-refractivity contribution < 1.29 is 13.2 Å². The lowest BCUT2D eigenvalue weighted by Gasteiger charge is -2.14. The Kier molecular flexibility index (Phi) is 8.60. The first-order chi connectivity index (χ1) is 14.5. The molecular formula is C20H25N5O3S3. The maximum Gasteiger partial charge on any atom is 0.238 e. The van der Waals surface area contributed by atoms with Gasteiger partial charge in [0.15, 0.2) is 5.11 Å². The molecule has 8 nitrogen and oxygen atoms in total. The summed E-state index contributed by atoms with van der Waals surface area (Å²) in [6.07, 6.45) is 3.37. The fourth-order valence-corrected chi connectivity index (χ4v) is 4.24. The molecule has 0 saturated carbocycles. The van der Waals surface area contributed by atoms with E-state index in [1.54, 1.807) is 42.5 Å². The molecule has 2 aromatic carbocycles. The van der Waals surface area contributed by atoms with Crippen LogP contribution in [0.4, 0.5) is 11.4 Å². The highest BCUT2D eigenvalue weighted by atomic mass is 32.2. The number of nitrogens with two attached hydrogens (primary N) is 2. The summed E-state index contributed by atoms with van der Waals surface area (Å²) in [5.74, 6) is -0.189. The van der Waals surface area contributed by atoms with Crippen LogP contribution in [0.3, 0.4) is 0 Å². The largest absolute Gasteiger partial charge is 0.360 e. The third kappa shape index (κ3) is 7.64. The van der Waals surface area contributed by atoms with E-state index in [-0.39, 0.29) is 16.8 Å². The molecule has 0 spiro atoms. The SMILES string of the molecule is CC(=O)Nc1ccc(/C=C/c2ccc(NC(=S)NC(C)C)cc2S(N)(=O)=O)c(SN)c1. The summed E-state index contributed by atoms with van der Waals surface area (Å²) in [5.41, 5.74) is 2.28. The summed E-state index contributed by atoms with van der Waals surface area (Å²) in [7, 11) is -3.99. The second kappa shape index (κ2) is 10.7. The molecule has 0 aliphatic heterocycles. The molecule has 1 amide bonds. The second-order valence-corrected chi connectivity index (χ2v) is 9.55. The lowest BCUT2D eigenvalue weighted by molar-refractivity contribution is -0.114. The molecule has 2 rings (SSSR count). The van der Waals surface area contributed by atoms with E-state index in [1.807, 2.05) is 13.8 Å². The number of anilines is 2. The molecule has 0 aliphatic carbocycles. The van der Waals surface area contributed by atoms with Crippen LogP contribution in [0.25, 0.3) is 12.2 Å². The van der Waals surface area contributed by atoms with Gasteiger partial charge in [-0.3, -0.25) is 9.93 Å². The summed E-state index contributed by atoms with van der Waals surface area (Å²) in [6.45, 7) is 5.30. The number of rotatable bonds is 7. The van der Waals surface area contributed by atoms with Gasteiger partial charge in [-0.15, -0.1) is 0 Å². The van der Waals surface area contributed by atoms with Crippen LogP contribution in [0, 0.1) is 0 Å². The molecule has 0 aromatic heterocycles. The topological polar surface area (TPSA) is 139 Å². The van der Waals surface area contributed by atoms with Crippen LogP contribution in [-0.4, -0.2) is 25.5 Å². The number of hydrogen-bond acceptors (Lipinski definition) is 6. The van der Waals surface area contributed by atoms with E-state index in [0.29, 0.717) is 26.9 Å². The van der Waals surface area contributed by atoms with Gasteiger partial charge in [0, 0.05) is 29.2 Å². The molecule has 0 unspecified atom stereocenters. The number of amides is 1. The Hall–Kier alpha value is -2.44. The minimum Gasteiger partial charge on any atom is -0.360 e. The summed E-state index contributed by atoms with van der Waals surface area (Å²) in [4.78, 5) is 11.9. The first-order valence-corrected chi connectivity index (χ1v) is 12.0. The van der Waals surface area contributed by atoms with Crippen LogP contribution in [0.5, 0.6) is 0 Å². The van der Waals surface area contributed by atoms with Gasteiger partial charge in [-0.05, 0) is 73.4 Å². The van der Waals surface area contributed by atoms with Crippen LogP contribution in [0.15, 0.2) is 46.2 Å². The highest BCUT2D eigenvalue weighted by molar-refractivity contribution is 7.97. The van der Waals surface area contributed by atoms with Gasteiger partial charge >= 0.3 is 0 Å². The summed E-state index contributed by atoms with van der Waals surface area (Å²) >= 11 is 6.22. The molecule has 0 bridgehead atoms. The van der Waals surface area contributed by atoms with Gasteiger partial charge in [-0.2, -0.15) is 0 Å². The Morgan fingerprint density at radius 3 is 2.19 bits per heavy atom. The zero-order valence-electron chi connectivity index (χ0n) is 17.3. The monoisotopic (exact) mass is 479 g/mol. The van der Waals surface area contributed by atoms with Crippen LogP contribution >= 0.6 is 24.2 Å². The number of primary sulfonamides is 1. The Morgan fingerprint density at radius 2 is 1.65 bits per heavy atom. The predicted octanol–water partition coefficient (Wildman–Crippen LogP) is 3.12. The standard InChI is InChI=1S/C20H25N5O3S3/c1-12(2)23-20(29)25-17-9-7-15(19(11-17)31(22,27)28)5-4-14-6-8-16(24-13(3)26)10-18(14)30-21/h4-12H,21H2,1-3H3,(H,24,26)(H2,22,27,28)(H2,23,25,29)/b5-4+. The average Bonchev–Trinajstić information content (AvgIpc) is 2.65. The average molecular weight is 480 g/mol. The molecule has 166 valence electrons. The van der Waals surface area contributed by atoms with E-state index < -0.39 is 10.0 Å². The highest BCUT2D eigenvalue weighted by Crippen LogP contribution is 2.27. The fraction of sp³-hybridized carbons (Fsp3) is 0.200. The summed E-state index contributed by atoms with van der Waals surface area (Å²) in [5, 5.41) is 20.2. The van der Waals surface area contributed by atoms with Crippen molar-refractivity contribution in [1.29, 1.82) is 0 Å². The Balaban J connectivity index is 2.37. The minimum absolute atomic E-state index is 0.0436. The van der Waals surface area contributed by atoms with Crippen molar-refractivity contribution >= 4 is 68.7 Å². The summed E-state index contributed by atoms with van der Waals surface area (Å²) in [6, 6.07) is 10.2. The molecule has 11 heteroatoms. The van der Waals surface area contributed by atoms with E-state index in [4.69, 9.17) is 22.5 Å². The van der Waals surface area contributed by atoms with Crippen molar-refractivity contribution in [2.75, 3.05) is 10.6 Å². The van der Waals surface area contributed by atoms with Crippen LogP contribution in [0.2, 0.25) is 0 Å². The molecule has 31 heavy (non-hydrogen) atoms. The molecule has 0 fully saturated rings. The fourth-order valence-electron chi connectivity index (χ4n) is 2.66. The maximum atomic E-state index is 12.2. The summed E-state index contributed by atoms with van der Waals surface area (Å²) < 4.78 is 24.3. The zero-order chi connectivity index (χ0) is 23.2. The van der Waals surface area contributed by atoms with Crippen molar-refractivity contribution in [1.82, 2.24) is 5.32 Å². The van der Waals surface area contributed by atoms with E-state index in [0.717, 1.165) is 17.5 Å². The van der Waals surface area contributed by atoms with E-state index in [1.165, 1.54) is 13.0 Å². The number of benzene rings is 2. The van der Waals surface area contributed by atoms with E-state index in [2.05, 4.69) is 16.0 Å². The Bertz CT molecular complexity index is 1120. The number of nitrogens with one attached hydrogen (secondary N) is 3. The zero-order valence-corrected chi connectivity index (χ0v) is 19.7. The number of carbonyl (C=O) groups is 1. The molecule has 7 N–H and O–H groups in total. The molecular weight excluding hydrogens is 454 g/mol. The molecule has 0 heterocycles. The molecule has 2 aromatic rings. The first kappa shape index (κ1) is 24.8. The van der Waals surface area contributed by atoms with Crippen LogP contribution in [0.1, 0.15) is 31.9 Å². The first-order valence-electron chi connectivity index (χ1n) is 9.20. The normalized spacial score (nSPS) is 11.5. The number of carbonyl (C=O) groups excluding carboxylic acids is 1. The Labute approximate surface area is 192 Å². The number of hydrogen-bond donors (Lipinski definition) is 5. The van der Waals surface area contributed by atoms with Crippen LogP contribution in [-0.2, 0) is 14.8 Å². The third-order valence-corrected chi connectivity index (χ3v) is 5.70. The van der Waals surface area contributed by atoms with Gasteiger partial charge in [0.2, 0.25) is 15.9 Å². The Morgan fingerprint density at radius 1 is 1.06 bits per heavy atom. The van der Waals surface area contributed by atoms with Crippen molar-refractivity contribution in [2.45, 2.75) is 36.6 Å². The van der Waals surface area contributed by atoms with E-state index >= 15 is 0 Å². The van der Waals surface area contributed by atoms with Crippen molar-refractivity contribution in [3.05, 3.63) is 47.5 Å². The van der Waals surface area contributed by atoms with Gasteiger partial charge < -0.3 is 16.0 Å². The van der Waals surface area contributed by atoms with Gasteiger partial charge in [-0.1, -0.05) is 24.3 Å². The quantitative estimate of drug-likeness (QED) is 0.232.